The van der Waals surface area contributed by atoms with Crippen molar-refractivity contribution in [2.24, 2.45) is 0 Å². The lowest BCUT2D eigenvalue weighted by Gasteiger charge is -2.22. The Morgan fingerprint density at radius 1 is 1.20 bits per heavy atom. The lowest BCUT2D eigenvalue weighted by atomic mass is 10.0. The van der Waals surface area contributed by atoms with E-state index in [4.69, 9.17) is 9.47 Å². The van der Waals surface area contributed by atoms with Gasteiger partial charge in [0.05, 0.1) is 19.5 Å². The van der Waals surface area contributed by atoms with Crippen LogP contribution < -0.4 is 14.8 Å². The van der Waals surface area contributed by atoms with E-state index < -0.39 is 15.1 Å². The van der Waals surface area contributed by atoms with Crippen molar-refractivity contribution < 1.29 is 17.9 Å². The van der Waals surface area contributed by atoms with Crippen LogP contribution in [0, 0.1) is 0 Å². The second-order valence-corrected chi connectivity index (χ2v) is 7.23. The van der Waals surface area contributed by atoms with Gasteiger partial charge < -0.3 is 14.8 Å². The Morgan fingerprint density at radius 3 is 2.25 bits per heavy atom. The van der Waals surface area contributed by atoms with E-state index in [1.165, 1.54) is 6.26 Å². The van der Waals surface area contributed by atoms with Crippen LogP contribution in [0.15, 0.2) is 18.2 Å². The first-order valence-electron chi connectivity index (χ1n) is 6.40. The van der Waals surface area contributed by atoms with Crippen LogP contribution in [0.3, 0.4) is 0 Å². The number of rotatable bonds is 7. The Bertz CT molecular complexity index is 542. The molecular formula is C14H23NO4S. The monoisotopic (exact) mass is 301 g/mol. The molecule has 1 aromatic carbocycles. The highest BCUT2D eigenvalue weighted by Crippen LogP contribution is 2.28. The molecule has 0 aliphatic carbocycles. The molecule has 2 unspecified atom stereocenters. The first-order valence-corrected chi connectivity index (χ1v) is 8.36. The fourth-order valence-electron chi connectivity index (χ4n) is 2.06. The van der Waals surface area contributed by atoms with Crippen LogP contribution >= 0.6 is 0 Å². The van der Waals surface area contributed by atoms with Crippen LogP contribution in [0.1, 0.15) is 12.5 Å². The molecule has 0 fully saturated rings. The molecule has 20 heavy (non-hydrogen) atoms. The second kappa shape index (κ2) is 6.95. The summed E-state index contributed by atoms with van der Waals surface area (Å²) in [5, 5.41) is 2.61. The van der Waals surface area contributed by atoms with Gasteiger partial charge in [0.25, 0.3) is 0 Å². The quantitative estimate of drug-likeness (QED) is 0.821. The van der Waals surface area contributed by atoms with Crippen molar-refractivity contribution in [2.45, 2.75) is 24.6 Å². The number of hydrogen-bond donors (Lipinski definition) is 1. The molecule has 0 saturated heterocycles. The summed E-state index contributed by atoms with van der Waals surface area (Å²) >= 11 is 0. The summed E-state index contributed by atoms with van der Waals surface area (Å²) in [5.41, 5.74) is 0.998. The molecular weight excluding hydrogens is 278 g/mol. The largest absolute Gasteiger partial charge is 0.493 e. The molecule has 5 nitrogen and oxygen atoms in total. The molecule has 0 radical (unpaired) electrons. The van der Waals surface area contributed by atoms with E-state index in [1.54, 1.807) is 28.2 Å². The van der Waals surface area contributed by atoms with Gasteiger partial charge in [-0.1, -0.05) is 6.07 Å². The smallest absolute Gasteiger partial charge is 0.160 e. The van der Waals surface area contributed by atoms with Crippen molar-refractivity contribution in [3.05, 3.63) is 23.8 Å². The van der Waals surface area contributed by atoms with Gasteiger partial charge in [-0.2, -0.15) is 0 Å². The topological polar surface area (TPSA) is 64.6 Å². The van der Waals surface area contributed by atoms with Crippen LogP contribution in [-0.4, -0.2) is 47.2 Å². The maximum absolute atomic E-state index is 11.7. The summed E-state index contributed by atoms with van der Waals surface area (Å²) in [6.45, 7) is 1.72. The third kappa shape index (κ3) is 4.11. The van der Waals surface area contributed by atoms with Gasteiger partial charge in [0.1, 0.15) is 0 Å². The van der Waals surface area contributed by atoms with Gasteiger partial charge in [0, 0.05) is 12.3 Å². The predicted molar refractivity (Wildman–Crippen MR) is 80.4 cm³/mol. The minimum absolute atomic E-state index is 0.150. The number of ether oxygens (including phenoxy) is 2. The minimum atomic E-state index is -3.08. The zero-order chi connectivity index (χ0) is 15.3. The molecule has 2 atom stereocenters. The zero-order valence-corrected chi connectivity index (χ0v) is 13.5. The number of methoxy groups -OCH3 is 2. The summed E-state index contributed by atoms with van der Waals surface area (Å²) in [5.74, 6) is 1.31. The van der Waals surface area contributed by atoms with E-state index in [9.17, 15) is 8.42 Å². The van der Waals surface area contributed by atoms with Gasteiger partial charge in [-0.3, -0.25) is 0 Å². The Hall–Kier alpha value is -1.27. The fraction of sp³-hybridized carbons (Fsp3) is 0.571. The maximum atomic E-state index is 11.7. The summed E-state index contributed by atoms with van der Waals surface area (Å²) in [7, 11) is 1.85. The van der Waals surface area contributed by atoms with Crippen molar-refractivity contribution in [2.75, 3.05) is 27.5 Å². The average Bonchev–Trinajstić information content (AvgIpc) is 2.42. The molecule has 1 aromatic rings. The molecule has 0 aliphatic rings. The van der Waals surface area contributed by atoms with Gasteiger partial charge in [-0.05, 0) is 38.1 Å². The highest BCUT2D eigenvalue weighted by Gasteiger charge is 2.25. The molecule has 0 spiro atoms. The first-order chi connectivity index (χ1) is 9.33. The Labute approximate surface area is 121 Å². The van der Waals surface area contributed by atoms with Gasteiger partial charge in [-0.25, -0.2) is 8.42 Å². The van der Waals surface area contributed by atoms with Crippen molar-refractivity contribution in [3.63, 3.8) is 0 Å². The van der Waals surface area contributed by atoms with E-state index in [-0.39, 0.29) is 6.04 Å². The van der Waals surface area contributed by atoms with Gasteiger partial charge in [-0.15, -0.1) is 0 Å². The van der Waals surface area contributed by atoms with Gasteiger partial charge >= 0.3 is 0 Å². The first kappa shape index (κ1) is 16.8. The molecule has 0 saturated carbocycles. The highest BCUT2D eigenvalue weighted by molar-refractivity contribution is 7.91. The zero-order valence-electron chi connectivity index (χ0n) is 12.6. The molecule has 0 heterocycles. The normalized spacial score (nSPS) is 14.7. The summed E-state index contributed by atoms with van der Waals surface area (Å²) in [4.78, 5) is 0. The van der Waals surface area contributed by atoms with Crippen LogP contribution in [0.25, 0.3) is 0 Å². The van der Waals surface area contributed by atoms with Gasteiger partial charge in [0.2, 0.25) is 0 Å². The molecule has 0 bridgehead atoms. The van der Waals surface area contributed by atoms with E-state index in [1.807, 2.05) is 18.2 Å². The number of nitrogens with one attached hydrogen (secondary N) is 1. The third-order valence-corrected chi connectivity index (χ3v) is 5.20. The van der Waals surface area contributed by atoms with Crippen LogP contribution in [0.4, 0.5) is 0 Å². The van der Waals surface area contributed by atoms with Crippen LogP contribution in [0.5, 0.6) is 11.5 Å². The molecule has 114 valence electrons. The van der Waals surface area contributed by atoms with Crippen LogP contribution in [-0.2, 0) is 16.3 Å². The average molecular weight is 301 g/mol. The number of hydrogen-bond acceptors (Lipinski definition) is 5. The lowest BCUT2D eigenvalue weighted by Crippen LogP contribution is -2.41. The predicted octanol–water partition coefficient (Wildman–Crippen LogP) is 1.27. The Kier molecular flexibility index (Phi) is 5.83. The highest BCUT2D eigenvalue weighted by atomic mass is 32.2. The molecule has 0 aliphatic heterocycles. The van der Waals surface area contributed by atoms with E-state index in [2.05, 4.69) is 5.32 Å². The fourth-order valence-corrected chi connectivity index (χ4v) is 2.89. The molecule has 1 rings (SSSR count). The number of benzene rings is 1. The van der Waals surface area contributed by atoms with Crippen molar-refractivity contribution in [1.82, 2.24) is 5.32 Å². The van der Waals surface area contributed by atoms with Gasteiger partial charge in [0.15, 0.2) is 21.3 Å². The lowest BCUT2D eigenvalue weighted by molar-refractivity contribution is 0.354. The van der Waals surface area contributed by atoms with Crippen molar-refractivity contribution in [1.29, 1.82) is 0 Å². The van der Waals surface area contributed by atoms with E-state index >= 15 is 0 Å². The number of sulfone groups is 1. The van der Waals surface area contributed by atoms with Crippen molar-refractivity contribution in [3.8, 4) is 11.5 Å². The summed E-state index contributed by atoms with van der Waals surface area (Å²) in [6.07, 6.45) is 1.86. The van der Waals surface area contributed by atoms with Crippen molar-refractivity contribution >= 4 is 9.84 Å². The van der Waals surface area contributed by atoms with Crippen LogP contribution in [0.2, 0.25) is 0 Å². The summed E-state index contributed by atoms with van der Waals surface area (Å²) < 4.78 is 33.8. The second-order valence-electron chi connectivity index (χ2n) is 4.82. The molecule has 0 aromatic heterocycles. The maximum Gasteiger partial charge on any atom is 0.160 e. The molecule has 1 N–H and O–H groups in total. The van der Waals surface area contributed by atoms with E-state index in [0.29, 0.717) is 17.9 Å². The Morgan fingerprint density at radius 2 is 1.80 bits per heavy atom. The molecule has 6 heteroatoms. The summed E-state index contributed by atoms with van der Waals surface area (Å²) in [6, 6.07) is 5.47. The standard InChI is InChI=1S/C14H23NO4S/c1-10(20(5,16)17)12(15-2)8-11-6-7-13(18-3)14(9-11)19-4/h6-7,9-10,12,15H,8H2,1-5H3. The third-order valence-electron chi connectivity index (χ3n) is 3.52. The SMILES string of the molecule is CNC(Cc1ccc(OC)c(OC)c1)C(C)S(C)(=O)=O. The van der Waals surface area contributed by atoms with E-state index in [0.717, 1.165) is 5.56 Å². The minimum Gasteiger partial charge on any atom is -0.493 e. The number of likely N-dealkylation sites (N-methyl/N-ethyl adjacent to an activating group) is 1. The Balaban J connectivity index is 2.96. The molecule has 0 amide bonds.